The van der Waals surface area contributed by atoms with E-state index >= 15 is 0 Å². The Morgan fingerprint density at radius 1 is 1.03 bits per heavy atom. The third-order valence-electron chi connectivity index (χ3n) is 8.35. The van der Waals surface area contributed by atoms with Gasteiger partial charge < -0.3 is 15.1 Å². The Balaban J connectivity index is 1.21. The number of aryl methyl sites for hydroxylation is 1. The minimum atomic E-state index is -0.0427. The van der Waals surface area contributed by atoms with E-state index in [1.165, 1.54) is 24.0 Å². The maximum Gasteiger partial charge on any atom is 0.260 e. The number of amides is 2. The maximum absolute atomic E-state index is 13.7. The number of hydrogen-bond donors (Lipinski definition) is 1. The molecule has 3 fully saturated rings. The van der Waals surface area contributed by atoms with E-state index in [9.17, 15) is 9.59 Å². The predicted octanol–water partition coefficient (Wildman–Crippen LogP) is 4.79. The van der Waals surface area contributed by atoms with Crippen LogP contribution < -0.4 is 5.32 Å². The molecule has 7 heteroatoms. The molecule has 1 aliphatic carbocycles. The zero-order valence-corrected chi connectivity index (χ0v) is 24.2. The zero-order valence-electron chi connectivity index (χ0n) is 23.4. The molecule has 5 rings (SSSR count). The van der Waals surface area contributed by atoms with Gasteiger partial charge in [-0.3, -0.25) is 14.5 Å². The number of hydrogen-bond acceptors (Lipinski definition) is 5. The second-order valence-corrected chi connectivity index (χ2v) is 12.4. The number of carbonyl (C=O) groups is 2. The number of thioether (sulfide) groups is 1. The van der Waals surface area contributed by atoms with Gasteiger partial charge in [0.05, 0.1) is 4.91 Å². The van der Waals surface area contributed by atoms with Gasteiger partial charge in [0.15, 0.2) is 0 Å². The first kappa shape index (κ1) is 27.9. The fourth-order valence-corrected chi connectivity index (χ4v) is 7.48. The zero-order chi connectivity index (χ0) is 27.2. The van der Waals surface area contributed by atoms with Crippen molar-refractivity contribution in [1.82, 2.24) is 20.0 Å². The topological polar surface area (TPSA) is 55.9 Å². The molecule has 3 aliphatic rings. The van der Waals surface area contributed by atoms with Crippen LogP contribution in [-0.4, -0.2) is 83.6 Å². The molecule has 2 aromatic rings. The van der Waals surface area contributed by atoms with Gasteiger partial charge in [0.1, 0.15) is 0 Å². The van der Waals surface area contributed by atoms with Crippen LogP contribution in [0.15, 0.2) is 53.4 Å². The SMILES string of the molecule is CCN1CCN(CCNC(=O)c2ccc(/C=C3/SC4CCCCC4N(Cc4cccc(C)c4)C3=O)cc2)CC1. The van der Waals surface area contributed by atoms with Crippen LogP contribution in [0.25, 0.3) is 6.08 Å². The van der Waals surface area contributed by atoms with E-state index in [4.69, 9.17) is 0 Å². The van der Waals surface area contributed by atoms with E-state index < -0.39 is 0 Å². The Kier molecular flexibility index (Phi) is 9.43. The first-order chi connectivity index (χ1) is 19.0. The molecule has 0 spiro atoms. The van der Waals surface area contributed by atoms with Crippen LogP contribution in [0.5, 0.6) is 0 Å². The molecular formula is C32H42N4O2S. The van der Waals surface area contributed by atoms with Gasteiger partial charge in [0.25, 0.3) is 11.8 Å². The summed E-state index contributed by atoms with van der Waals surface area (Å²) in [6.07, 6.45) is 6.67. The lowest BCUT2D eigenvalue weighted by Crippen LogP contribution is -2.50. The molecule has 208 valence electrons. The molecule has 2 amide bonds. The second kappa shape index (κ2) is 13.2. The quantitative estimate of drug-likeness (QED) is 0.483. The monoisotopic (exact) mass is 546 g/mol. The third-order valence-corrected chi connectivity index (χ3v) is 9.75. The first-order valence-electron chi connectivity index (χ1n) is 14.6. The highest BCUT2D eigenvalue weighted by Crippen LogP contribution is 2.42. The summed E-state index contributed by atoms with van der Waals surface area (Å²) in [6.45, 7) is 11.9. The van der Waals surface area contributed by atoms with Gasteiger partial charge in [-0.1, -0.05) is 61.7 Å². The first-order valence-corrected chi connectivity index (χ1v) is 15.5. The van der Waals surface area contributed by atoms with Crippen LogP contribution in [0.3, 0.4) is 0 Å². The number of fused-ring (bicyclic) bond motifs is 1. The third kappa shape index (κ3) is 7.13. The summed E-state index contributed by atoms with van der Waals surface area (Å²) in [5.41, 5.74) is 4.03. The summed E-state index contributed by atoms with van der Waals surface area (Å²) >= 11 is 1.76. The highest BCUT2D eigenvalue weighted by Gasteiger charge is 2.40. The van der Waals surface area contributed by atoms with Crippen molar-refractivity contribution < 1.29 is 9.59 Å². The van der Waals surface area contributed by atoms with Crippen molar-refractivity contribution in [3.05, 3.63) is 75.7 Å². The smallest absolute Gasteiger partial charge is 0.260 e. The minimum Gasteiger partial charge on any atom is -0.351 e. The summed E-state index contributed by atoms with van der Waals surface area (Å²) < 4.78 is 0. The predicted molar refractivity (Wildman–Crippen MR) is 161 cm³/mol. The lowest BCUT2D eigenvalue weighted by atomic mass is 9.92. The summed E-state index contributed by atoms with van der Waals surface area (Å²) in [6, 6.07) is 16.4. The average Bonchev–Trinajstić information content (AvgIpc) is 2.96. The van der Waals surface area contributed by atoms with Crippen LogP contribution in [0, 0.1) is 6.92 Å². The molecule has 0 bridgehead atoms. The number of carbonyl (C=O) groups excluding carboxylic acids is 2. The molecule has 0 aromatic heterocycles. The van der Waals surface area contributed by atoms with Gasteiger partial charge in [-0.25, -0.2) is 0 Å². The molecule has 1 N–H and O–H groups in total. The number of benzene rings is 2. The number of likely N-dealkylation sites (N-methyl/N-ethyl adjacent to an activating group) is 1. The number of nitrogens with one attached hydrogen (secondary N) is 1. The fourth-order valence-electron chi connectivity index (χ4n) is 6.01. The fraction of sp³-hybridized carbons (Fsp3) is 0.500. The van der Waals surface area contributed by atoms with Crippen molar-refractivity contribution in [2.75, 3.05) is 45.8 Å². The molecule has 6 nitrogen and oxygen atoms in total. The molecular weight excluding hydrogens is 504 g/mol. The lowest BCUT2D eigenvalue weighted by molar-refractivity contribution is -0.130. The Morgan fingerprint density at radius 2 is 1.77 bits per heavy atom. The van der Waals surface area contributed by atoms with Crippen LogP contribution in [-0.2, 0) is 11.3 Å². The van der Waals surface area contributed by atoms with E-state index in [2.05, 4.69) is 58.1 Å². The maximum atomic E-state index is 13.7. The van der Waals surface area contributed by atoms with Crippen LogP contribution in [0.1, 0.15) is 59.7 Å². The van der Waals surface area contributed by atoms with Gasteiger partial charge in [-0.2, -0.15) is 0 Å². The molecule has 2 heterocycles. The lowest BCUT2D eigenvalue weighted by Gasteiger charge is -2.44. The highest BCUT2D eigenvalue weighted by molar-refractivity contribution is 8.04. The van der Waals surface area contributed by atoms with Crippen molar-refractivity contribution in [3.63, 3.8) is 0 Å². The molecule has 1 saturated carbocycles. The average molecular weight is 547 g/mol. The number of rotatable bonds is 8. The van der Waals surface area contributed by atoms with Crippen molar-refractivity contribution >= 4 is 29.7 Å². The van der Waals surface area contributed by atoms with Gasteiger partial charge in [0, 0.05) is 62.7 Å². The van der Waals surface area contributed by atoms with E-state index in [1.807, 2.05) is 30.3 Å². The normalized spacial score (nSPS) is 23.6. The Morgan fingerprint density at radius 3 is 2.51 bits per heavy atom. The Labute approximate surface area is 237 Å². The molecule has 39 heavy (non-hydrogen) atoms. The van der Waals surface area contributed by atoms with Crippen molar-refractivity contribution in [1.29, 1.82) is 0 Å². The number of piperazine rings is 1. The van der Waals surface area contributed by atoms with E-state index in [1.54, 1.807) is 11.8 Å². The van der Waals surface area contributed by atoms with Gasteiger partial charge in [-0.15, -0.1) is 11.8 Å². The van der Waals surface area contributed by atoms with E-state index in [-0.39, 0.29) is 11.8 Å². The molecule has 2 atom stereocenters. The van der Waals surface area contributed by atoms with Crippen LogP contribution in [0.4, 0.5) is 0 Å². The number of nitrogens with zero attached hydrogens (tertiary/aromatic N) is 3. The van der Waals surface area contributed by atoms with Crippen LogP contribution >= 0.6 is 11.8 Å². The van der Waals surface area contributed by atoms with E-state index in [0.717, 1.165) is 62.6 Å². The largest absolute Gasteiger partial charge is 0.351 e. The van der Waals surface area contributed by atoms with Gasteiger partial charge in [0.2, 0.25) is 0 Å². The standard InChI is InChI=1S/C32H42N4O2S/c1-3-34-17-19-35(20-18-34)16-15-33-31(37)27-13-11-25(12-14-27)22-30-32(38)36(23-26-8-6-7-24(2)21-26)28-9-4-5-10-29(28)39-30/h6-8,11-14,21-22,28-29H,3-5,9-10,15-20,23H2,1-2H3,(H,33,37)/b30-22+. The van der Waals surface area contributed by atoms with Crippen molar-refractivity contribution in [3.8, 4) is 0 Å². The minimum absolute atomic E-state index is 0.0427. The highest BCUT2D eigenvalue weighted by atomic mass is 32.2. The molecule has 2 aromatic carbocycles. The Hall–Kier alpha value is -2.61. The summed E-state index contributed by atoms with van der Waals surface area (Å²) in [5.74, 6) is 0.0881. The molecule has 2 unspecified atom stereocenters. The van der Waals surface area contributed by atoms with Crippen LogP contribution in [0.2, 0.25) is 0 Å². The van der Waals surface area contributed by atoms with Gasteiger partial charge in [-0.05, 0) is 55.6 Å². The molecule has 2 saturated heterocycles. The van der Waals surface area contributed by atoms with E-state index in [0.29, 0.717) is 29.9 Å². The molecule has 0 radical (unpaired) electrons. The van der Waals surface area contributed by atoms with Crippen molar-refractivity contribution in [2.24, 2.45) is 0 Å². The summed E-state index contributed by atoms with van der Waals surface area (Å²) in [5, 5.41) is 3.52. The van der Waals surface area contributed by atoms with Gasteiger partial charge >= 0.3 is 0 Å². The summed E-state index contributed by atoms with van der Waals surface area (Å²) in [7, 11) is 0. The second-order valence-electron chi connectivity index (χ2n) is 11.1. The molecule has 2 aliphatic heterocycles. The Bertz CT molecular complexity index is 1170. The summed E-state index contributed by atoms with van der Waals surface area (Å²) in [4.78, 5) is 34.2. The van der Waals surface area contributed by atoms with Crippen molar-refractivity contribution in [2.45, 2.75) is 57.4 Å².